The van der Waals surface area contributed by atoms with Crippen molar-refractivity contribution in [3.8, 4) is 11.8 Å². The first kappa shape index (κ1) is 8.13. The summed E-state index contributed by atoms with van der Waals surface area (Å²) in [4.78, 5) is 4.44. The van der Waals surface area contributed by atoms with E-state index >= 15 is 0 Å². The normalized spacial score (nSPS) is 16.1. The van der Waals surface area contributed by atoms with Crippen LogP contribution >= 0.6 is 0 Å². The molecule has 11 heavy (non-hydrogen) atoms. The van der Waals surface area contributed by atoms with E-state index in [4.69, 9.17) is 0 Å². The smallest absolute Gasteiger partial charge is 0.116 e. The molecular formula is C9H12NO. The van der Waals surface area contributed by atoms with Crippen LogP contribution in [0.1, 0.15) is 19.3 Å². The highest BCUT2D eigenvalue weighted by Gasteiger charge is 2.19. The highest BCUT2D eigenvalue weighted by atomic mass is 16.6. The Bertz CT molecular complexity index is 183. The summed E-state index contributed by atoms with van der Waals surface area (Å²) >= 11 is 0. The summed E-state index contributed by atoms with van der Waals surface area (Å²) in [6.45, 7) is 0. The highest BCUT2D eigenvalue weighted by Crippen LogP contribution is 2.31. The zero-order chi connectivity index (χ0) is 7.94. The topological polar surface area (TPSA) is 21.6 Å². The van der Waals surface area contributed by atoms with E-state index < -0.39 is 0 Å². The summed E-state index contributed by atoms with van der Waals surface area (Å²) in [6.07, 6.45) is 7.25. The number of hydrogen-bond donors (Lipinski definition) is 0. The van der Waals surface area contributed by atoms with E-state index in [2.05, 4.69) is 28.3 Å². The Balaban J connectivity index is 1.97. The molecule has 1 rings (SSSR count). The third kappa shape index (κ3) is 4.44. The van der Waals surface area contributed by atoms with Gasteiger partial charge in [-0.25, -0.2) is 0 Å². The maximum Gasteiger partial charge on any atom is 0.116 e. The molecule has 0 aliphatic heterocycles. The van der Waals surface area contributed by atoms with Gasteiger partial charge in [-0.15, -0.1) is 0 Å². The van der Waals surface area contributed by atoms with E-state index in [-0.39, 0.29) is 0 Å². The average Bonchev–Trinajstić information content (AvgIpc) is 2.80. The molecule has 0 aromatic rings. The molecule has 0 aromatic heterocycles. The first-order valence-electron chi connectivity index (χ1n) is 3.80. The molecule has 1 aliphatic carbocycles. The van der Waals surface area contributed by atoms with Crippen molar-refractivity contribution in [2.75, 3.05) is 7.11 Å². The second-order valence-corrected chi connectivity index (χ2v) is 2.51. The average molecular weight is 150 g/mol. The minimum Gasteiger partial charge on any atom is -0.399 e. The lowest BCUT2D eigenvalue weighted by atomic mass is 10.2. The largest absolute Gasteiger partial charge is 0.399 e. The monoisotopic (exact) mass is 150 g/mol. The molecule has 59 valence electrons. The molecule has 2 heteroatoms. The van der Waals surface area contributed by atoms with E-state index in [0.29, 0.717) is 0 Å². The van der Waals surface area contributed by atoms with Gasteiger partial charge >= 0.3 is 0 Å². The molecule has 0 bridgehead atoms. The van der Waals surface area contributed by atoms with Crippen molar-refractivity contribution >= 4 is 6.21 Å². The number of oxime groups is 1. The second kappa shape index (κ2) is 4.79. The molecule has 1 radical (unpaired) electrons. The molecule has 2 nitrogen and oxygen atoms in total. The van der Waals surface area contributed by atoms with Gasteiger partial charge in [-0.3, -0.25) is 0 Å². The fourth-order valence-corrected chi connectivity index (χ4v) is 0.786. The van der Waals surface area contributed by atoms with Gasteiger partial charge < -0.3 is 4.84 Å². The Kier molecular flexibility index (Phi) is 3.54. The van der Waals surface area contributed by atoms with Gasteiger partial charge in [-0.05, 0) is 25.2 Å². The minimum absolute atomic E-state index is 0.851. The van der Waals surface area contributed by atoms with Gasteiger partial charge in [0.05, 0.1) is 0 Å². The SMILES string of the molecule is CON=CC#CCCC1[CH]C1. The fraction of sp³-hybridized carbons (Fsp3) is 0.556. The molecule has 1 atom stereocenters. The Morgan fingerprint density at radius 3 is 3.27 bits per heavy atom. The Morgan fingerprint density at radius 1 is 1.82 bits per heavy atom. The summed E-state index contributed by atoms with van der Waals surface area (Å²) in [5.74, 6) is 6.63. The molecule has 1 fully saturated rings. The third-order valence-corrected chi connectivity index (χ3v) is 1.53. The summed E-state index contributed by atoms with van der Waals surface area (Å²) in [5.41, 5.74) is 0. The summed E-state index contributed by atoms with van der Waals surface area (Å²) in [6, 6.07) is 0. The maximum atomic E-state index is 4.44. The van der Waals surface area contributed by atoms with E-state index in [1.54, 1.807) is 0 Å². The molecule has 0 spiro atoms. The zero-order valence-corrected chi connectivity index (χ0v) is 6.71. The van der Waals surface area contributed by atoms with Crippen molar-refractivity contribution in [2.24, 2.45) is 11.1 Å². The van der Waals surface area contributed by atoms with Crippen molar-refractivity contribution in [1.82, 2.24) is 0 Å². The lowest BCUT2D eigenvalue weighted by Gasteiger charge is -1.84. The zero-order valence-electron chi connectivity index (χ0n) is 6.71. The number of nitrogens with zero attached hydrogens (tertiary/aromatic N) is 1. The third-order valence-electron chi connectivity index (χ3n) is 1.53. The number of hydrogen-bond acceptors (Lipinski definition) is 2. The molecule has 1 saturated carbocycles. The first-order valence-corrected chi connectivity index (χ1v) is 3.80. The van der Waals surface area contributed by atoms with E-state index in [1.807, 2.05) is 0 Å². The van der Waals surface area contributed by atoms with Gasteiger partial charge in [0, 0.05) is 6.42 Å². The first-order chi connectivity index (χ1) is 5.43. The van der Waals surface area contributed by atoms with Gasteiger partial charge in [0.15, 0.2) is 0 Å². The van der Waals surface area contributed by atoms with Crippen molar-refractivity contribution in [2.45, 2.75) is 19.3 Å². The van der Waals surface area contributed by atoms with Crippen LogP contribution in [0.25, 0.3) is 0 Å². The standard InChI is InChI=1S/C9H12NO/c1-11-10-8-4-2-3-5-9-6-7-9/h6,8-9H,3,5,7H2,1H3. The van der Waals surface area contributed by atoms with E-state index in [0.717, 1.165) is 12.3 Å². The number of rotatable bonds is 3. The lowest BCUT2D eigenvalue weighted by Crippen LogP contribution is -1.74. The van der Waals surface area contributed by atoms with Crippen LogP contribution in [0.3, 0.4) is 0 Å². The Morgan fingerprint density at radius 2 is 2.64 bits per heavy atom. The summed E-state index contributed by atoms with van der Waals surface area (Å²) in [7, 11) is 1.51. The van der Waals surface area contributed by atoms with E-state index in [1.165, 1.54) is 26.2 Å². The van der Waals surface area contributed by atoms with Crippen LogP contribution in [0.4, 0.5) is 0 Å². The van der Waals surface area contributed by atoms with Crippen molar-refractivity contribution in [3.63, 3.8) is 0 Å². The molecule has 1 unspecified atom stereocenters. The predicted molar refractivity (Wildman–Crippen MR) is 44.9 cm³/mol. The van der Waals surface area contributed by atoms with Crippen LogP contribution in [-0.4, -0.2) is 13.3 Å². The van der Waals surface area contributed by atoms with Crippen LogP contribution in [-0.2, 0) is 4.84 Å². The van der Waals surface area contributed by atoms with Crippen molar-refractivity contribution in [1.29, 1.82) is 0 Å². The molecule has 0 aromatic carbocycles. The van der Waals surface area contributed by atoms with Gasteiger partial charge in [-0.1, -0.05) is 17.0 Å². The molecule has 1 aliphatic rings. The predicted octanol–water partition coefficient (Wildman–Crippen LogP) is 1.63. The molecule has 0 saturated heterocycles. The van der Waals surface area contributed by atoms with Gasteiger partial charge in [-0.2, -0.15) is 0 Å². The van der Waals surface area contributed by atoms with Gasteiger partial charge in [0.25, 0.3) is 0 Å². The lowest BCUT2D eigenvalue weighted by molar-refractivity contribution is 0.216. The molecule has 0 amide bonds. The Hall–Kier alpha value is -0.970. The quantitative estimate of drug-likeness (QED) is 0.340. The maximum absolute atomic E-state index is 4.44. The van der Waals surface area contributed by atoms with E-state index in [9.17, 15) is 0 Å². The van der Waals surface area contributed by atoms with Crippen molar-refractivity contribution in [3.05, 3.63) is 6.42 Å². The van der Waals surface area contributed by atoms with Crippen LogP contribution in [0.15, 0.2) is 5.16 Å². The second-order valence-electron chi connectivity index (χ2n) is 2.51. The molecular weight excluding hydrogens is 138 g/mol. The molecule has 0 N–H and O–H groups in total. The fourth-order valence-electron chi connectivity index (χ4n) is 0.786. The van der Waals surface area contributed by atoms with Crippen LogP contribution in [0.2, 0.25) is 0 Å². The minimum atomic E-state index is 0.851. The van der Waals surface area contributed by atoms with Crippen LogP contribution in [0, 0.1) is 24.2 Å². The summed E-state index contributed by atoms with van der Waals surface area (Å²) in [5, 5.41) is 3.50. The van der Waals surface area contributed by atoms with Crippen LogP contribution in [0.5, 0.6) is 0 Å². The van der Waals surface area contributed by atoms with Gasteiger partial charge in [0.1, 0.15) is 13.3 Å². The van der Waals surface area contributed by atoms with Crippen LogP contribution < -0.4 is 0 Å². The Labute approximate surface area is 67.6 Å². The van der Waals surface area contributed by atoms with Crippen molar-refractivity contribution < 1.29 is 4.84 Å². The summed E-state index contributed by atoms with van der Waals surface area (Å²) < 4.78 is 0. The highest BCUT2D eigenvalue weighted by molar-refractivity contribution is 5.77. The molecule has 0 heterocycles. The van der Waals surface area contributed by atoms with Gasteiger partial charge in [0.2, 0.25) is 0 Å².